The minimum absolute atomic E-state index is 0.252. The molecule has 0 aliphatic carbocycles. The number of aromatic amines is 2. The van der Waals surface area contributed by atoms with Gasteiger partial charge in [-0.05, 0) is 30.3 Å². The van der Waals surface area contributed by atoms with Crippen LogP contribution in [0.3, 0.4) is 0 Å². The molecule has 4 aromatic rings. The number of pyridine rings is 1. The maximum absolute atomic E-state index is 13.6. The molecule has 0 spiro atoms. The summed E-state index contributed by atoms with van der Waals surface area (Å²) < 4.78 is 60.1. The van der Waals surface area contributed by atoms with Gasteiger partial charge >= 0.3 is 12.1 Å². The van der Waals surface area contributed by atoms with Crippen molar-refractivity contribution in [3.05, 3.63) is 76.6 Å². The van der Waals surface area contributed by atoms with Gasteiger partial charge in [0.1, 0.15) is 11.3 Å². The summed E-state index contributed by atoms with van der Waals surface area (Å²) in [5, 5.41) is 2.48. The number of rotatable bonds is 5. The van der Waals surface area contributed by atoms with Crippen LogP contribution in [0.4, 0.5) is 23.2 Å². The van der Waals surface area contributed by atoms with E-state index in [-0.39, 0.29) is 17.0 Å². The summed E-state index contributed by atoms with van der Waals surface area (Å²) in [5.41, 5.74) is 0.180. The van der Waals surface area contributed by atoms with Crippen molar-refractivity contribution >= 4 is 22.8 Å². The number of carbonyl (C=O) groups is 1. The van der Waals surface area contributed by atoms with Crippen LogP contribution in [0, 0.1) is 5.82 Å². The quantitative estimate of drug-likeness (QED) is 0.394. The Kier molecular flexibility index (Phi) is 5.26. The first kappa shape index (κ1) is 20.9. The van der Waals surface area contributed by atoms with Crippen molar-refractivity contribution in [2.24, 2.45) is 0 Å². The number of fused-ring (bicyclic) bond motifs is 1. The number of nitrogens with zero attached hydrogens (tertiary/aromatic N) is 1. The number of nitrogens with one attached hydrogen (secondary N) is 3. The fourth-order valence-electron chi connectivity index (χ4n) is 2.81. The Morgan fingerprint density at radius 3 is 2.62 bits per heavy atom. The fraction of sp³-hybridized carbons (Fsp3) is 0.0500. The van der Waals surface area contributed by atoms with Crippen LogP contribution in [-0.2, 0) is 0 Å². The molecule has 0 aliphatic heterocycles. The van der Waals surface area contributed by atoms with Gasteiger partial charge in [-0.2, -0.15) is 0 Å². The minimum atomic E-state index is -5.11. The summed E-state index contributed by atoms with van der Waals surface area (Å²) in [4.78, 5) is 32.9. The van der Waals surface area contributed by atoms with Gasteiger partial charge in [0.2, 0.25) is 0 Å². The lowest BCUT2D eigenvalue weighted by molar-refractivity contribution is -0.275. The molecule has 0 saturated heterocycles. The highest BCUT2D eigenvalue weighted by molar-refractivity contribution is 6.04. The van der Waals surface area contributed by atoms with E-state index in [0.29, 0.717) is 29.0 Å². The molecule has 1 amide bonds. The maximum Gasteiger partial charge on any atom is 0.573 e. The van der Waals surface area contributed by atoms with Gasteiger partial charge in [0.25, 0.3) is 5.91 Å². The molecule has 0 unspecified atom stereocenters. The van der Waals surface area contributed by atoms with Crippen LogP contribution < -0.4 is 20.5 Å². The number of carbonyl (C=O) groups excluding carboxylic acids is 1. The Labute approximate surface area is 175 Å². The van der Waals surface area contributed by atoms with Crippen LogP contribution >= 0.6 is 0 Å². The molecule has 0 radical (unpaired) electrons. The molecule has 2 aromatic heterocycles. The molecule has 12 heteroatoms. The van der Waals surface area contributed by atoms with Crippen LogP contribution in [0.1, 0.15) is 10.4 Å². The number of anilines is 1. The van der Waals surface area contributed by atoms with E-state index in [2.05, 4.69) is 25.0 Å². The molecule has 3 N–H and O–H groups in total. The number of ether oxygens (including phenoxy) is 2. The number of amides is 1. The molecule has 8 nitrogen and oxygen atoms in total. The number of aromatic nitrogens is 3. The number of halogens is 4. The SMILES string of the molecule is O=C(Nc1cccc(Oc2ccnc3[nH]c(=O)[nH]c23)c1)c1ccc(F)c(OC(F)(F)F)c1. The zero-order valence-corrected chi connectivity index (χ0v) is 15.8. The monoisotopic (exact) mass is 448 g/mol. The Bertz CT molecular complexity index is 1360. The summed E-state index contributed by atoms with van der Waals surface area (Å²) >= 11 is 0. The summed E-state index contributed by atoms with van der Waals surface area (Å²) in [6.45, 7) is 0. The molecule has 2 heterocycles. The predicted octanol–water partition coefficient (Wildman–Crippen LogP) is 4.33. The summed E-state index contributed by atoms with van der Waals surface area (Å²) in [5.74, 6) is -2.59. The van der Waals surface area contributed by atoms with Crippen molar-refractivity contribution in [2.45, 2.75) is 6.36 Å². The lowest BCUT2D eigenvalue weighted by atomic mass is 10.2. The van der Waals surface area contributed by atoms with Crippen molar-refractivity contribution < 1.29 is 31.8 Å². The normalized spacial score (nSPS) is 11.4. The van der Waals surface area contributed by atoms with Crippen molar-refractivity contribution in [1.29, 1.82) is 0 Å². The molecule has 0 saturated carbocycles. The first-order valence-electron chi connectivity index (χ1n) is 8.89. The molecule has 164 valence electrons. The Morgan fingerprint density at radius 1 is 1.03 bits per heavy atom. The third-order valence-corrected chi connectivity index (χ3v) is 4.12. The second kappa shape index (κ2) is 8.06. The Morgan fingerprint density at radius 2 is 1.84 bits per heavy atom. The zero-order valence-electron chi connectivity index (χ0n) is 15.8. The third kappa shape index (κ3) is 4.69. The topological polar surface area (TPSA) is 109 Å². The van der Waals surface area contributed by atoms with Crippen molar-refractivity contribution in [3.63, 3.8) is 0 Å². The van der Waals surface area contributed by atoms with Crippen molar-refractivity contribution in [3.8, 4) is 17.2 Å². The Balaban J connectivity index is 1.53. The van der Waals surface area contributed by atoms with E-state index in [1.165, 1.54) is 24.4 Å². The average Bonchev–Trinajstić information content (AvgIpc) is 3.10. The standard InChI is InChI=1S/C20H12F4N4O4/c21-13-5-4-10(8-15(13)32-20(22,23)24)18(29)26-11-2-1-3-12(9-11)31-14-6-7-25-17-16(14)27-19(30)28-17/h1-9H,(H,26,29)(H2,25,27,28,30). The summed E-state index contributed by atoms with van der Waals surface area (Å²) in [6.07, 6.45) is -3.67. The highest BCUT2D eigenvalue weighted by Crippen LogP contribution is 2.29. The number of benzene rings is 2. The van der Waals surface area contributed by atoms with Gasteiger partial charge in [-0.1, -0.05) is 6.07 Å². The lowest BCUT2D eigenvalue weighted by Gasteiger charge is -2.12. The predicted molar refractivity (Wildman–Crippen MR) is 104 cm³/mol. The second-order valence-corrected chi connectivity index (χ2v) is 6.39. The Hall–Kier alpha value is -4.35. The molecular weight excluding hydrogens is 436 g/mol. The average molecular weight is 448 g/mol. The smallest absolute Gasteiger partial charge is 0.455 e. The van der Waals surface area contributed by atoms with Gasteiger partial charge in [0, 0.05) is 29.6 Å². The molecule has 4 rings (SSSR count). The second-order valence-electron chi connectivity index (χ2n) is 6.39. The number of hydrogen-bond donors (Lipinski definition) is 3. The van der Waals surface area contributed by atoms with E-state index in [0.717, 1.165) is 6.07 Å². The van der Waals surface area contributed by atoms with Gasteiger partial charge < -0.3 is 19.8 Å². The first-order valence-corrected chi connectivity index (χ1v) is 8.89. The first-order chi connectivity index (χ1) is 15.2. The number of hydrogen-bond acceptors (Lipinski definition) is 5. The van der Waals surface area contributed by atoms with Crippen LogP contribution in [0.15, 0.2) is 59.5 Å². The van der Waals surface area contributed by atoms with E-state index >= 15 is 0 Å². The molecular formula is C20H12F4N4O4. The fourth-order valence-corrected chi connectivity index (χ4v) is 2.81. The number of H-pyrrole nitrogens is 2. The molecule has 0 aliphatic rings. The largest absolute Gasteiger partial charge is 0.573 e. The maximum atomic E-state index is 13.6. The van der Waals surface area contributed by atoms with Gasteiger partial charge in [-0.3, -0.25) is 9.78 Å². The molecule has 32 heavy (non-hydrogen) atoms. The van der Waals surface area contributed by atoms with Crippen LogP contribution in [0.2, 0.25) is 0 Å². The van der Waals surface area contributed by atoms with Crippen LogP contribution in [-0.4, -0.2) is 27.2 Å². The molecule has 0 fully saturated rings. The third-order valence-electron chi connectivity index (χ3n) is 4.12. The summed E-state index contributed by atoms with van der Waals surface area (Å²) in [7, 11) is 0. The van der Waals surface area contributed by atoms with Crippen LogP contribution in [0.5, 0.6) is 17.2 Å². The van der Waals surface area contributed by atoms with E-state index in [4.69, 9.17) is 4.74 Å². The van der Waals surface area contributed by atoms with Crippen molar-refractivity contribution in [1.82, 2.24) is 15.0 Å². The summed E-state index contributed by atoms with van der Waals surface area (Å²) in [6, 6.07) is 10.00. The molecule has 2 aromatic carbocycles. The molecule has 0 atom stereocenters. The van der Waals surface area contributed by atoms with E-state index in [9.17, 15) is 27.2 Å². The highest BCUT2D eigenvalue weighted by atomic mass is 19.4. The lowest BCUT2D eigenvalue weighted by Crippen LogP contribution is -2.19. The zero-order chi connectivity index (χ0) is 22.9. The van der Waals surface area contributed by atoms with Gasteiger partial charge in [-0.15, -0.1) is 13.2 Å². The van der Waals surface area contributed by atoms with E-state index < -0.39 is 29.5 Å². The molecule has 0 bridgehead atoms. The highest BCUT2D eigenvalue weighted by Gasteiger charge is 2.32. The van der Waals surface area contributed by atoms with E-state index in [1.807, 2.05) is 0 Å². The van der Waals surface area contributed by atoms with E-state index in [1.54, 1.807) is 12.1 Å². The number of alkyl halides is 3. The van der Waals surface area contributed by atoms with Gasteiger partial charge in [0.05, 0.1) is 0 Å². The van der Waals surface area contributed by atoms with Crippen molar-refractivity contribution in [2.75, 3.05) is 5.32 Å². The number of imidazole rings is 1. The minimum Gasteiger partial charge on any atom is -0.455 e. The van der Waals surface area contributed by atoms with Gasteiger partial charge in [0.15, 0.2) is 23.0 Å². The van der Waals surface area contributed by atoms with Crippen LogP contribution in [0.25, 0.3) is 11.2 Å². The van der Waals surface area contributed by atoms with Gasteiger partial charge in [-0.25, -0.2) is 14.2 Å².